The van der Waals surface area contributed by atoms with Crippen LogP contribution in [0.25, 0.3) is 0 Å². The van der Waals surface area contributed by atoms with Crippen molar-refractivity contribution in [2.75, 3.05) is 12.3 Å². The molecule has 1 aromatic carbocycles. The van der Waals surface area contributed by atoms with Crippen molar-refractivity contribution in [1.82, 2.24) is 0 Å². The van der Waals surface area contributed by atoms with E-state index in [1.54, 1.807) is 6.07 Å². The van der Waals surface area contributed by atoms with Crippen LogP contribution in [-0.4, -0.2) is 18.6 Å². The Hall–Kier alpha value is -1.23. The molecule has 2 N–H and O–H groups in total. The molecular weight excluding hydrogens is 288 g/mol. The standard InChI is InChI=1S/C14H17F2NO2.ClH/c15-14(16)4-1-10(2-5-14)19-11-7-9-3-6-18-13(9)12(17)8-11;/h7-8,10H,1-6,17H2;1H. The van der Waals surface area contributed by atoms with Crippen molar-refractivity contribution in [2.45, 2.75) is 44.1 Å². The van der Waals surface area contributed by atoms with Crippen molar-refractivity contribution >= 4 is 18.1 Å². The Morgan fingerprint density at radius 3 is 2.65 bits per heavy atom. The number of ether oxygens (including phenoxy) is 2. The first-order chi connectivity index (χ1) is 9.03. The van der Waals surface area contributed by atoms with Crippen LogP contribution in [0, 0.1) is 0 Å². The summed E-state index contributed by atoms with van der Waals surface area (Å²) in [6.07, 6.45) is 1.27. The molecule has 1 heterocycles. The van der Waals surface area contributed by atoms with Crippen molar-refractivity contribution in [3.05, 3.63) is 17.7 Å². The topological polar surface area (TPSA) is 44.5 Å². The van der Waals surface area contributed by atoms with Crippen LogP contribution in [0.3, 0.4) is 0 Å². The largest absolute Gasteiger partial charge is 0.491 e. The summed E-state index contributed by atoms with van der Waals surface area (Å²) in [5.74, 6) is -1.12. The number of hydrogen-bond acceptors (Lipinski definition) is 3. The minimum atomic E-state index is -2.52. The van der Waals surface area contributed by atoms with Crippen LogP contribution in [0.15, 0.2) is 12.1 Å². The molecule has 3 nitrogen and oxygen atoms in total. The van der Waals surface area contributed by atoms with Gasteiger partial charge in [-0.1, -0.05) is 0 Å². The molecule has 112 valence electrons. The van der Waals surface area contributed by atoms with E-state index in [0.717, 1.165) is 17.7 Å². The SMILES string of the molecule is Cl.Nc1cc(OC2CCC(F)(F)CC2)cc2c1OCC2. The first-order valence-corrected chi connectivity index (χ1v) is 6.63. The average Bonchev–Trinajstić information content (AvgIpc) is 2.81. The van der Waals surface area contributed by atoms with Crippen LogP contribution < -0.4 is 15.2 Å². The highest BCUT2D eigenvalue weighted by Gasteiger charge is 2.35. The lowest BCUT2D eigenvalue weighted by atomic mass is 9.94. The van der Waals surface area contributed by atoms with Gasteiger partial charge in [0.05, 0.1) is 18.4 Å². The Labute approximate surface area is 122 Å². The van der Waals surface area contributed by atoms with Crippen LogP contribution in [0.2, 0.25) is 0 Å². The molecule has 3 rings (SSSR count). The molecule has 20 heavy (non-hydrogen) atoms. The van der Waals surface area contributed by atoms with E-state index in [0.29, 0.717) is 30.9 Å². The molecule has 1 fully saturated rings. The lowest BCUT2D eigenvalue weighted by molar-refractivity contribution is -0.0582. The number of hydrogen-bond donors (Lipinski definition) is 1. The zero-order chi connectivity index (χ0) is 13.5. The maximum Gasteiger partial charge on any atom is 0.248 e. The highest BCUT2D eigenvalue weighted by molar-refractivity contribution is 5.85. The smallest absolute Gasteiger partial charge is 0.248 e. The molecule has 0 atom stereocenters. The van der Waals surface area contributed by atoms with E-state index in [9.17, 15) is 8.78 Å². The van der Waals surface area contributed by atoms with Crippen LogP contribution >= 0.6 is 12.4 Å². The quantitative estimate of drug-likeness (QED) is 0.849. The fourth-order valence-electron chi connectivity index (χ4n) is 2.70. The summed E-state index contributed by atoms with van der Waals surface area (Å²) >= 11 is 0. The van der Waals surface area contributed by atoms with Gasteiger partial charge in [-0.15, -0.1) is 12.4 Å². The zero-order valence-corrected chi connectivity index (χ0v) is 11.8. The Bertz CT molecular complexity index is 486. The summed E-state index contributed by atoms with van der Waals surface area (Å²) in [7, 11) is 0. The summed E-state index contributed by atoms with van der Waals surface area (Å²) in [4.78, 5) is 0. The van der Waals surface area contributed by atoms with E-state index in [-0.39, 0.29) is 31.4 Å². The monoisotopic (exact) mass is 305 g/mol. The van der Waals surface area contributed by atoms with Crippen molar-refractivity contribution in [2.24, 2.45) is 0 Å². The molecule has 2 aliphatic rings. The first kappa shape index (κ1) is 15.2. The normalized spacial score (nSPS) is 20.7. The lowest BCUT2D eigenvalue weighted by Gasteiger charge is -2.28. The van der Waals surface area contributed by atoms with E-state index in [2.05, 4.69) is 0 Å². The average molecular weight is 306 g/mol. The second-order valence-corrected chi connectivity index (χ2v) is 5.27. The molecule has 0 saturated heterocycles. The molecule has 0 radical (unpaired) electrons. The second-order valence-electron chi connectivity index (χ2n) is 5.27. The zero-order valence-electron chi connectivity index (χ0n) is 11.0. The lowest BCUT2D eigenvalue weighted by Crippen LogP contribution is -2.30. The highest BCUT2D eigenvalue weighted by atomic mass is 35.5. The van der Waals surface area contributed by atoms with Gasteiger partial charge < -0.3 is 15.2 Å². The van der Waals surface area contributed by atoms with Gasteiger partial charge in [-0.3, -0.25) is 0 Å². The highest BCUT2D eigenvalue weighted by Crippen LogP contribution is 2.38. The molecule has 1 aromatic rings. The Kier molecular flexibility index (Phi) is 4.28. The summed E-state index contributed by atoms with van der Waals surface area (Å²) in [5, 5.41) is 0. The number of nitrogen functional groups attached to an aromatic ring is 1. The molecule has 1 aliphatic heterocycles. The summed E-state index contributed by atoms with van der Waals surface area (Å²) in [6, 6.07) is 3.63. The van der Waals surface area contributed by atoms with Gasteiger partial charge in [0.1, 0.15) is 11.5 Å². The maximum atomic E-state index is 13.1. The number of anilines is 1. The number of alkyl halides is 2. The second kappa shape index (κ2) is 5.64. The third kappa shape index (κ3) is 3.08. The molecule has 0 spiro atoms. The van der Waals surface area contributed by atoms with Crippen molar-refractivity contribution in [3.63, 3.8) is 0 Å². The predicted molar refractivity (Wildman–Crippen MR) is 75.1 cm³/mol. The number of halogens is 3. The van der Waals surface area contributed by atoms with E-state index < -0.39 is 5.92 Å². The van der Waals surface area contributed by atoms with E-state index in [1.165, 1.54) is 0 Å². The minimum absolute atomic E-state index is 0. The predicted octanol–water partition coefficient (Wildman–Crippen LogP) is 3.58. The van der Waals surface area contributed by atoms with Gasteiger partial charge in [0.2, 0.25) is 5.92 Å². The summed E-state index contributed by atoms with van der Waals surface area (Å²) in [6.45, 7) is 0.638. The minimum Gasteiger partial charge on any atom is -0.491 e. The Balaban J connectivity index is 0.00000147. The van der Waals surface area contributed by atoms with Gasteiger partial charge in [-0.25, -0.2) is 8.78 Å². The third-order valence-electron chi connectivity index (χ3n) is 3.75. The van der Waals surface area contributed by atoms with E-state index in [1.807, 2.05) is 6.07 Å². The first-order valence-electron chi connectivity index (χ1n) is 6.63. The molecule has 6 heteroatoms. The fourth-order valence-corrected chi connectivity index (χ4v) is 2.70. The van der Waals surface area contributed by atoms with Crippen molar-refractivity contribution in [3.8, 4) is 11.5 Å². The molecule has 0 unspecified atom stereocenters. The number of rotatable bonds is 2. The summed E-state index contributed by atoms with van der Waals surface area (Å²) in [5.41, 5.74) is 7.50. The van der Waals surface area contributed by atoms with E-state index >= 15 is 0 Å². The van der Waals surface area contributed by atoms with E-state index in [4.69, 9.17) is 15.2 Å². The fraction of sp³-hybridized carbons (Fsp3) is 0.571. The van der Waals surface area contributed by atoms with Crippen LogP contribution in [0.5, 0.6) is 11.5 Å². The third-order valence-corrected chi connectivity index (χ3v) is 3.75. The molecule has 0 bridgehead atoms. The Morgan fingerprint density at radius 1 is 1.25 bits per heavy atom. The van der Waals surface area contributed by atoms with Gasteiger partial charge in [0, 0.05) is 30.9 Å². The number of fused-ring (bicyclic) bond motifs is 1. The number of benzene rings is 1. The van der Waals surface area contributed by atoms with Crippen molar-refractivity contribution in [1.29, 1.82) is 0 Å². The molecule has 1 aliphatic carbocycles. The van der Waals surface area contributed by atoms with Gasteiger partial charge >= 0.3 is 0 Å². The maximum absolute atomic E-state index is 13.1. The molecular formula is C14H18ClF2NO2. The molecule has 1 saturated carbocycles. The number of nitrogens with two attached hydrogens (primary N) is 1. The van der Waals surface area contributed by atoms with Gasteiger partial charge in [-0.05, 0) is 18.9 Å². The molecule has 0 amide bonds. The van der Waals surface area contributed by atoms with Crippen LogP contribution in [0.1, 0.15) is 31.2 Å². The van der Waals surface area contributed by atoms with Crippen LogP contribution in [-0.2, 0) is 6.42 Å². The van der Waals surface area contributed by atoms with Crippen LogP contribution in [0.4, 0.5) is 14.5 Å². The van der Waals surface area contributed by atoms with Crippen molar-refractivity contribution < 1.29 is 18.3 Å². The Morgan fingerprint density at radius 2 is 1.95 bits per heavy atom. The summed E-state index contributed by atoms with van der Waals surface area (Å²) < 4.78 is 37.3. The van der Waals surface area contributed by atoms with Gasteiger partial charge in [-0.2, -0.15) is 0 Å². The van der Waals surface area contributed by atoms with Gasteiger partial charge in [0.15, 0.2) is 0 Å². The molecule has 0 aromatic heterocycles. The van der Waals surface area contributed by atoms with Gasteiger partial charge in [0.25, 0.3) is 0 Å².